The summed E-state index contributed by atoms with van der Waals surface area (Å²) in [6, 6.07) is 0. The van der Waals surface area contributed by atoms with Gasteiger partial charge < -0.3 is 21.2 Å². The van der Waals surface area contributed by atoms with E-state index in [1.807, 2.05) is 0 Å². The van der Waals surface area contributed by atoms with E-state index in [4.69, 9.17) is 19.8 Å². The van der Waals surface area contributed by atoms with Crippen LogP contribution in [0.2, 0.25) is 0 Å². The molecule has 0 amide bonds. The summed E-state index contributed by atoms with van der Waals surface area (Å²) < 4.78 is 0. The van der Waals surface area contributed by atoms with Crippen LogP contribution in [0.25, 0.3) is 0 Å². The van der Waals surface area contributed by atoms with Crippen LogP contribution in [0, 0.1) is 0 Å². The van der Waals surface area contributed by atoms with Gasteiger partial charge in [0.05, 0.1) is 0 Å². The summed E-state index contributed by atoms with van der Waals surface area (Å²) in [7, 11) is 0. The predicted molar refractivity (Wildman–Crippen MR) is 22.5 cm³/mol. The number of aliphatic carboxylic acids is 2. The second kappa shape index (κ2) is 22.4. The molecule has 70 valence electrons. The van der Waals surface area contributed by atoms with E-state index in [1.54, 1.807) is 0 Å². The Morgan fingerprint density at radius 1 is 0.909 bits per heavy atom. The molecule has 0 fully saturated rings. The first-order chi connectivity index (χ1) is 2.64. The van der Waals surface area contributed by atoms with Crippen molar-refractivity contribution in [2.24, 2.45) is 0 Å². The van der Waals surface area contributed by atoms with Crippen LogP contribution in [0.5, 0.6) is 0 Å². The van der Waals surface area contributed by atoms with E-state index in [1.165, 1.54) is 0 Å². The number of carbonyl (C=O) groups is 2. The molecule has 6 N–H and O–H groups in total. The summed E-state index contributed by atoms with van der Waals surface area (Å²) in [5.41, 5.74) is 0. The Labute approximate surface area is 95.2 Å². The zero-order valence-electron chi connectivity index (χ0n) is 4.89. The molecule has 6 nitrogen and oxygen atoms in total. The van der Waals surface area contributed by atoms with E-state index >= 15 is 0 Å². The number of hydrogen-bond donors (Lipinski definition) is 2. The average Bonchev–Trinajstić information content (AvgIpc) is 1.36. The van der Waals surface area contributed by atoms with Gasteiger partial charge in [0.1, 0.15) is 0 Å². The van der Waals surface area contributed by atoms with Crippen molar-refractivity contribution >= 4 is 11.9 Å². The molecule has 0 heterocycles. The molecule has 2 radical (unpaired) electrons. The van der Waals surface area contributed by atoms with E-state index in [-0.39, 0.29) is 63.6 Å². The van der Waals surface area contributed by atoms with Crippen molar-refractivity contribution in [1.29, 1.82) is 0 Å². The molecule has 9 heteroatoms. The van der Waals surface area contributed by atoms with E-state index in [0.717, 1.165) is 0 Å². The normalized spacial score (nSPS) is 4.00. The molecule has 0 atom stereocenters. The van der Waals surface area contributed by atoms with Crippen LogP contribution in [0.1, 0.15) is 0 Å². The van der Waals surface area contributed by atoms with Crippen molar-refractivity contribution in [3.05, 3.63) is 0 Å². The Bertz CT molecular complexity index is 86.6. The minimum atomic E-state index is -1.82. The van der Waals surface area contributed by atoms with Gasteiger partial charge in [-0.15, -0.1) is 0 Å². The van der Waals surface area contributed by atoms with Crippen LogP contribution < -0.4 is 0 Å². The molecule has 0 aliphatic heterocycles. The van der Waals surface area contributed by atoms with E-state index in [0.29, 0.717) is 0 Å². The monoisotopic (exact) mass is 288 g/mol. The Morgan fingerprint density at radius 3 is 1.00 bits per heavy atom. The van der Waals surface area contributed by atoms with Crippen molar-refractivity contribution < 1.29 is 83.4 Å². The van der Waals surface area contributed by atoms with Crippen molar-refractivity contribution in [3.63, 3.8) is 0 Å². The van der Waals surface area contributed by atoms with Crippen LogP contribution in [0.15, 0.2) is 0 Å². The van der Waals surface area contributed by atoms with E-state index < -0.39 is 11.9 Å². The predicted octanol–water partition coefficient (Wildman–Crippen LogP) is -2.50. The first kappa shape index (κ1) is 42.0. The van der Waals surface area contributed by atoms with Crippen molar-refractivity contribution in [1.82, 2.24) is 0 Å². The van der Waals surface area contributed by atoms with Crippen LogP contribution in [-0.4, -0.2) is 33.1 Å². The molecule has 0 aromatic carbocycles. The molecule has 0 saturated heterocycles. The maximum atomic E-state index is 9.10. The standard InChI is InChI=1S/C2H2O4.Fe.Mn.2H2O.V/c3-1(4)2(5)6;;;;;/h(H,3,4)(H,5,6);;;2*1H2;. The molecule has 11 heavy (non-hydrogen) atoms. The van der Waals surface area contributed by atoms with Crippen molar-refractivity contribution in [2.45, 2.75) is 0 Å². The van der Waals surface area contributed by atoms with Gasteiger partial charge in [-0.05, 0) is 0 Å². The fourth-order valence-electron chi connectivity index (χ4n) is 0. The molecule has 0 bridgehead atoms. The van der Waals surface area contributed by atoms with Gasteiger partial charge in [-0.25, -0.2) is 9.59 Å². The van der Waals surface area contributed by atoms with Gasteiger partial charge in [-0.1, -0.05) is 0 Å². The SMILES string of the molecule is O.O.O=C(O)C(=O)O.[Fe].[Mn].[V]. The molecule has 0 aliphatic rings. The minimum Gasteiger partial charge on any atom is -0.473 e. The fourth-order valence-corrected chi connectivity index (χ4v) is 0. The second-order valence-electron chi connectivity index (χ2n) is 0.610. The molecule has 0 saturated carbocycles. The van der Waals surface area contributed by atoms with Gasteiger partial charge in [-0.3, -0.25) is 0 Å². The Balaban J connectivity index is -0.0000000125. The average molecular weight is 288 g/mol. The summed E-state index contributed by atoms with van der Waals surface area (Å²) in [6.07, 6.45) is 0. The molecule has 0 rings (SSSR count). The summed E-state index contributed by atoms with van der Waals surface area (Å²) >= 11 is 0. The van der Waals surface area contributed by atoms with Crippen LogP contribution in [0.3, 0.4) is 0 Å². The van der Waals surface area contributed by atoms with Crippen molar-refractivity contribution in [2.75, 3.05) is 0 Å². The molecule has 0 aromatic rings. The summed E-state index contributed by atoms with van der Waals surface area (Å²) in [5, 5.41) is 14.8. The van der Waals surface area contributed by atoms with Gasteiger partial charge in [0.25, 0.3) is 0 Å². The number of hydrogen-bond acceptors (Lipinski definition) is 2. The van der Waals surface area contributed by atoms with Crippen molar-refractivity contribution in [3.8, 4) is 0 Å². The van der Waals surface area contributed by atoms with Gasteiger partial charge in [0.15, 0.2) is 0 Å². The number of carboxylic acid groups (broad SMARTS) is 2. The summed E-state index contributed by atoms with van der Waals surface area (Å²) in [5.74, 6) is -3.65. The molecule has 0 unspecified atom stereocenters. The van der Waals surface area contributed by atoms with Gasteiger partial charge in [-0.2, -0.15) is 0 Å². The quantitative estimate of drug-likeness (QED) is 0.375. The third kappa shape index (κ3) is 37.5. The third-order valence-corrected chi connectivity index (χ3v) is 0.183. The zero-order valence-corrected chi connectivity index (χ0v) is 8.57. The van der Waals surface area contributed by atoms with Gasteiger partial charge >= 0.3 is 11.9 Å². The Kier molecular flexibility index (Phi) is 85.6. The van der Waals surface area contributed by atoms with E-state index in [2.05, 4.69) is 0 Å². The first-order valence-corrected chi connectivity index (χ1v) is 1.11. The summed E-state index contributed by atoms with van der Waals surface area (Å²) in [6.45, 7) is 0. The van der Waals surface area contributed by atoms with Crippen LogP contribution in [0.4, 0.5) is 0 Å². The Hall–Kier alpha value is 0.483. The molecule has 0 spiro atoms. The maximum Gasteiger partial charge on any atom is 0.414 e. The largest absolute Gasteiger partial charge is 0.473 e. The third-order valence-electron chi connectivity index (χ3n) is 0.183. The first-order valence-electron chi connectivity index (χ1n) is 1.11. The van der Waals surface area contributed by atoms with Gasteiger partial charge in [0, 0.05) is 52.7 Å². The molecule has 0 aromatic heterocycles. The molecular formula is C2H6FeMnO6V. The van der Waals surface area contributed by atoms with Crippen LogP contribution in [-0.2, 0) is 62.3 Å². The number of rotatable bonds is 0. The van der Waals surface area contributed by atoms with Gasteiger partial charge in [0.2, 0.25) is 0 Å². The molecule has 0 aliphatic carbocycles. The smallest absolute Gasteiger partial charge is 0.414 e. The van der Waals surface area contributed by atoms with Crippen LogP contribution >= 0.6 is 0 Å². The fraction of sp³-hybridized carbons (Fsp3) is 0. The Morgan fingerprint density at radius 2 is 1.00 bits per heavy atom. The minimum absolute atomic E-state index is 0. The van der Waals surface area contributed by atoms with E-state index in [9.17, 15) is 0 Å². The maximum absolute atomic E-state index is 9.10. The summed E-state index contributed by atoms with van der Waals surface area (Å²) in [4.78, 5) is 18.2. The molecular weight excluding hydrogens is 282 g/mol. The zero-order chi connectivity index (χ0) is 5.15. The number of carboxylic acids is 2. The topological polar surface area (TPSA) is 138 Å². The second-order valence-corrected chi connectivity index (χ2v) is 0.610.